The number of carbonyl (C=O) groups excluding carboxylic acids is 1. The van der Waals surface area contributed by atoms with Gasteiger partial charge in [0.1, 0.15) is 5.75 Å². The number of carbonyl (C=O) groups is 1. The average molecular weight is 315 g/mol. The maximum atomic E-state index is 12.1. The first-order valence-electron chi connectivity index (χ1n) is 7.31. The molecule has 0 unspecified atom stereocenters. The summed E-state index contributed by atoms with van der Waals surface area (Å²) in [6.45, 7) is 3.23. The van der Waals surface area contributed by atoms with Crippen molar-refractivity contribution in [2.24, 2.45) is 0 Å². The summed E-state index contributed by atoms with van der Waals surface area (Å²) in [5, 5.41) is 2.94. The molecule has 22 heavy (non-hydrogen) atoms. The first-order valence-corrected chi connectivity index (χ1v) is 8.54. The SMILES string of the molecule is CSc1ccccc1C(=O)NCCCOc1cccc(C)c1. The predicted octanol–water partition coefficient (Wildman–Crippen LogP) is 3.92. The van der Waals surface area contributed by atoms with Gasteiger partial charge < -0.3 is 10.1 Å². The fourth-order valence-corrected chi connectivity index (χ4v) is 2.69. The molecule has 0 heterocycles. The van der Waals surface area contributed by atoms with E-state index in [1.54, 1.807) is 11.8 Å². The fraction of sp³-hybridized carbons (Fsp3) is 0.278. The van der Waals surface area contributed by atoms with Gasteiger partial charge >= 0.3 is 0 Å². The molecule has 0 saturated heterocycles. The highest BCUT2D eigenvalue weighted by Gasteiger charge is 2.09. The molecule has 0 aliphatic rings. The van der Waals surface area contributed by atoms with E-state index in [9.17, 15) is 4.79 Å². The lowest BCUT2D eigenvalue weighted by Crippen LogP contribution is -2.26. The van der Waals surface area contributed by atoms with E-state index >= 15 is 0 Å². The van der Waals surface area contributed by atoms with E-state index in [2.05, 4.69) is 5.32 Å². The second kappa shape index (κ2) is 8.49. The summed E-state index contributed by atoms with van der Waals surface area (Å²) in [4.78, 5) is 13.1. The molecule has 0 fully saturated rings. The first-order chi connectivity index (χ1) is 10.7. The Morgan fingerprint density at radius 3 is 2.77 bits per heavy atom. The van der Waals surface area contributed by atoms with Crippen molar-refractivity contribution >= 4 is 17.7 Å². The lowest BCUT2D eigenvalue weighted by Gasteiger charge is -2.09. The van der Waals surface area contributed by atoms with Gasteiger partial charge in [-0.05, 0) is 49.4 Å². The predicted molar refractivity (Wildman–Crippen MR) is 91.8 cm³/mol. The molecule has 0 spiro atoms. The normalized spacial score (nSPS) is 10.3. The summed E-state index contributed by atoms with van der Waals surface area (Å²) < 4.78 is 5.66. The molecule has 0 atom stereocenters. The maximum Gasteiger partial charge on any atom is 0.252 e. The van der Waals surface area contributed by atoms with Crippen molar-refractivity contribution in [3.63, 3.8) is 0 Å². The highest BCUT2D eigenvalue weighted by molar-refractivity contribution is 7.98. The summed E-state index contributed by atoms with van der Waals surface area (Å²) >= 11 is 1.58. The van der Waals surface area contributed by atoms with Crippen LogP contribution in [0.1, 0.15) is 22.3 Å². The molecule has 2 aromatic rings. The lowest BCUT2D eigenvalue weighted by atomic mass is 10.2. The lowest BCUT2D eigenvalue weighted by molar-refractivity contribution is 0.0948. The fourth-order valence-electron chi connectivity index (χ4n) is 2.10. The molecule has 0 radical (unpaired) electrons. The van der Waals surface area contributed by atoms with Crippen molar-refractivity contribution in [3.05, 3.63) is 59.7 Å². The third-order valence-corrected chi connectivity index (χ3v) is 4.01. The van der Waals surface area contributed by atoms with E-state index in [-0.39, 0.29) is 5.91 Å². The van der Waals surface area contributed by atoms with Gasteiger partial charge in [-0.3, -0.25) is 4.79 Å². The van der Waals surface area contributed by atoms with Crippen LogP contribution in [-0.4, -0.2) is 25.3 Å². The van der Waals surface area contributed by atoms with Crippen LogP contribution in [-0.2, 0) is 0 Å². The van der Waals surface area contributed by atoms with E-state index in [1.165, 1.54) is 5.56 Å². The van der Waals surface area contributed by atoms with E-state index in [0.717, 1.165) is 22.6 Å². The monoisotopic (exact) mass is 315 g/mol. The number of ether oxygens (including phenoxy) is 1. The summed E-state index contributed by atoms with van der Waals surface area (Å²) in [5.41, 5.74) is 1.91. The van der Waals surface area contributed by atoms with Crippen molar-refractivity contribution in [1.82, 2.24) is 5.32 Å². The molecule has 2 rings (SSSR count). The molecule has 1 N–H and O–H groups in total. The Morgan fingerprint density at radius 1 is 1.18 bits per heavy atom. The van der Waals surface area contributed by atoms with Crippen LogP contribution in [0.15, 0.2) is 53.4 Å². The van der Waals surface area contributed by atoms with Gasteiger partial charge in [0, 0.05) is 11.4 Å². The van der Waals surface area contributed by atoms with Gasteiger partial charge in [0.25, 0.3) is 5.91 Å². The van der Waals surface area contributed by atoms with E-state index in [1.807, 2.05) is 61.7 Å². The van der Waals surface area contributed by atoms with E-state index in [4.69, 9.17) is 4.74 Å². The number of rotatable bonds is 7. The minimum absolute atomic E-state index is 0.0273. The second-order valence-corrected chi connectivity index (χ2v) is 5.82. The molecule has 0 bridgehead atoms. The van der Waals surface area contributed by atoms with Crippen LogP contribution in [0.5, 0.6) is 5.75 Å². The Hall–Kier alpha value is -1.94. The summed E-state index contributed by atoms with van der Waals surface area (Å²) in [6, 6.07) is 15.6. The van der Waals surface area contributed by atoms with Crippen molar-refractivity contribution in [2.75, 3.05) is 19.4 Å². The van der Waals surface area contributed by atoms with Crippen LogP contribution in [0.4, 0.5) is 0 Å². The molecule has 0 aliphatic carbocycles. The largest absolute Gasteiger partial charge is 0.494 e. The van der Waals surface area contributed by atoms with Crippen LogP contribution >= 0.6 is 11.8 Å². The minimum Gasteiger partial charge on any atom is -0.494 e. The van der Waals surface area contributed by atoms with Gasteiger partial charge in [-0.2, -0.15) is 0 Å². The molecule has 0 aliphatic heterocycles. The van der Waals surface area contributed by atoms with Gasteiger partial charge in [0.15, 0.2) is 0 Å². The van der Waals surface area contributed by atoms with Gasteiger partial charge in [0.2, 0.25) is 0 Å². The smallest absolute Gasteiger partial charge is 0.252 e. The molecule has 116 valence electrons. The number of hydrogen-bond acceptors (Lipinski definition) is 3. The summed E-state index contributed by atoms with van der Waals surface area (Å²) in [5.74, 6) is 0.847. The molecule has 2 aromatic carbocycles. The van der Waals surface area contributed by atoms with Crippen LogP contribution in [0.3, 0.4) is 0 Å². The highest BCUT2D eigenvalue weighted by Crippen LogP contribution is 2.19. The molecule has 4 heteroatoms. The molecule has 0 saturated carbocycles. The first kappa shape index (κ1) is 16.4. The summed E-state index contributed by atoms with van der Waals surface area (Å²) in [6.07, 6.45) is 2.75. The Balaban J connectivity index is 1.73. The standard InChI is InChI=1S/C18H21NO2S/c1-14-7-5-8-15(13-14)21-12-6-11-19-18(20)16-9-3-4-10-17(16)22-2/h3-5,7-10,13H,6,11-12H2,1-2H3,(H,19,20). The second-order valence-electron chi connectivity index (χ2n) is 4.97. The highest BCUT2D eigenvalue weighted by atomic mass is 32.2. The Morgan fingerprint density at radius 2 is 2.00 bits per heavy atom. The zero-order valence-electron chi connectivity index (χ0n) is 13.0. The van der Waals surface area contributed by atoms with Crippen LogP contribution < -0.4 is 10.1 Å². The Bertz CT molecular complexity index is 628. The number of hydrogen-bond donors (Lipinski definition) is 1. The van der Waals surface area contributed by atoms with Gasteiger partial charge in [-0.1, -0.05) is 24.3 Å². The molecular formula is C18H21NO2S. The third kappa shape index (κ3) is 4.81. The van der Waals surface area contributed by atoms with Gasteiger partial charge in [0.05, 0.1) is 12.2 Å². The number of benzene rings is 2. The number of thioether (sulfide) groups is 1. The van der Waals surface area contributed by atoms with Crippen LogP contribution in [0.25, 0.3) is 0 Å². The minimum atomic E-state index is -0.0273. The van der Waals surface area contributed by atoms with Crippen LogP contribution in [0, 0.1) is 6.92 Å². The number of nitrogens with one attached hydrogen (secondary N) is 1. The van der Waals surface area contributed by atoms with Gasteiger partial charge in [-0.15, -0.1) is 11.8 Å². The van der Waals surface area contributed by atoms with E-state index in [0.29, 0.717) is 13.2 Å². The van der Waals surface area contributed by atoms with Gasteiger partial charge in [-0.25, -0.2) is 0 Å². The topological polar surface area (TPSA) is 38.3 Å². The molecule has 1 amide bonds. The Kier molecular flexibility index (Phi) is 6.34. The van der Waals surface area contributed by atoms with Crippen molar-refractivity contribution in [1.29, 1.82) is 0 Å². The van der Waals surface area contributed by atoms with Crippen LogP contribution in [0.2, 0.25) is 0 Å². The van der Waals surface area contributed by atoms with Crippen molar-refractivity contribution in [2.45, 2.75) is 18.2 Å². The molecular weight excluding hydrogens is 294 g/mol. The quantitative estimate of drug-likeness (QED) is 0.622. The van der Waals surface area contributed by atoms with Crippen molar-refractivity contribution in [3.8, 4) is 5.75 Å². The zero-order chi connectivity index (χ0) is 15.8. The average Bonchev–Trinajstić information content (AvgIpc) is 2.54. The number of amides is 1. The summed E-state index contributed by atoms with van der Waals surface area (Å²) in [7, 11) is 0. The molecule has 3 nitrogen and oxygen atoms in total. The maximum absolute atomic E-state index is 12.1. The van der Waals surface area contributed by atoms with Crippen molar-refractivity contribution < 1.29 is 9.53 Å². The third-order valence-electron chi connectivity index (χ3n) is 3.22. The zero-order valence-corrected chi connectivity index (χ0v) is 13.8. The van der Waals surface area contributed by atoms with E-state index < -0.39 is 0 Å². The molecule has 0 aromatic heterocycles. The Labute approximate surface area is 136 Å². The number of aryl methyl sites for hydroxylation is 1.